The van der Waals surface area contributed by atoms with Crippen molar-refractivity contribution in [2.75, 3.05) is 11.5 Å². The molecule has 0 spiro atoms. The smallest absolute Gasteiger partial charge is 0.306 e. The summed E-state index contributed by atoms with van der Waals surface area (Å²) in [6.07, 6.45) is 0.432. The molecular weight excluding hydrogens is 344 g/mol. The minimum Gasteiger partial charge on any atom is -0.456 e. The number of carbonyl (C=O) groups is 2. The molecule has 0 aliphatic carbocycles. The molecule has 0 aliphatic rings. The fourth-order valence-electron chi connectivity index (χ4n) is 2.84. The molecule has 0 bridgehead atoms. The van der Waals surface area contributed by atoms with E-state index in [4.69, 9.17) is 9.15 Å². The standard InChI is InChI=1S/C21H22N2O4/c1-15(2)23(16-8-4-3-5-9-16)20(24)14-26-21(25)13-12-19-22-17-10-6-7-11-18(17)27-19/h3-11,15H,12-14H2,1-2H3. The van der Waals surface area contributed by atoms with Gasteiger partial charge in [0.05, 0.1) is 6.42 Å². The number of ether oxygens (including phenoxy) is 1. The number of esters is 1. The summed E-state index contributed by atoms with van der Waals surface area (Å²) in [5, 5.41) is 0. The van der Waals surface area contributed by atoms with E-state index in [0.717, 1.165) is 11.2 Å². The summed E-state index contributed by atoms with van der Waals surface area (Å²) in [7, 11) is 0. The van der Waals surface area contributed by atoms with Gasteiger partial charge >= 0.3 is 5.97 Å². The van der Waals surface area contributed by atoms with Crippen LogP contribution in [0.15, 0.2) is 59.0 Å². The minimum atomic E-state index is -0.456. The highest BCUT2D eigenvalue weighted by Gasteiger charge is 2.20. The lowest BCUT2D eigenvalue weighted by atomic mass is 10.2. The first-order valence-corrected chi connectivity index (χ1v) is 8.92. The fourth-order valence-corrected chi connectivity index (χ4v) is 2.84. The average Bonchev–Trinajstić information content (AvgIpc) is 3.08. The Hall–Kier alpha value is -3.15. The molecule has 0 unspecified atom stereocenters. The number of hydrogen-bond donors (Lipinski definition) is 0. The number of carbonyl (C=O) groups excluding carboxylic acids is 2. The van der Waals surface area contributed by atoms with Crippen molar-refractivity contribution in [1.29, 1.82) is 0 Å². The van der Waals surface area contributed by atoms with Gasteiger partial charge in [-0.05, 0) is 38.1 Å². The quantitative estimate of drug-likeness (QED) is 0.596. The van der Waals surface area contributed by atoms with E-state index >= 15 is 0 Å². The summed E-state index contributed by atoms with van der Waals surface area (Å²) in [5.41, 5.74) is 2.22. The Balaban J connectivity index is 1.52. The van der Waals surface area contributed by atoms with Crippen molar-refractivity contribution in [3.05, 3.63) is 60.5 Å². The maximum absolute atomic E-state index is 12.5. The van der Waals surface area contributed by atoms with Crippen molar-refractivity contribution in [3.63, 3.8) is 0 Å². The van der Waals surface area contributed by atoms with Gasteiger partial charge in [0.25, 0.3) is 5.91 Å². The third-order valence-corrected chi connectivity index (χ3v) is 4.06. The number of hydrogen-bond acceptors (Lipinski definition) is 5. The van der Waals surface area contributed by atoms with Crippen LogP contribution in [0, 0.1) is 0 Å². The number of para-hydroxylation sites is 3. The summed E-state index contributed by atoms with van der Waals surface area (Å²) in [4.78, 5) is 30.4. The van der Waals surface area contributed by atoms with Gasteiger partial charge in [0.2, 0.25) is 0 Å². The summed E-state index contributed by atoms with van der Waals surface area (Å²) in [5.74, 6) is -0.235. The first kappa shape index (κ1) is 18.6. The maximum Gasteiger partial charge on any atom is 0.306 e. The zero-order chi connectivity index (χ0) is 19.2. The van der Waals surface area contributed by atoms with Crippen molar-refractivity contribution in [2.45, 2.75) is 32.7 Å². The van der Waals surface area contributed by atoms with Crippen LogP contribution in [0.3, 0.4) is 0 Å². The van der Waals surface area contributed by atoms with E-state index in [0.29, 0.717) is 17.9 Å². The Morgan fingerprint density at radius 1 is 1.07 bits per heavy atom. The molecular formula is C21H22N2O4. The SMILES string of the molecule is CC(C)N(C(=O)COC(=O)CCc1nc2ccccc2o1)c1ccccc1. The molecule has 0 radical (unpaired) electrons. The lowest BCUT2D eigenvalue weighted by Crippen LogP contribution is -2.39. The van der Waals surface area contributed by atoms with Gasteiger partial charge in [-0.15, -0.1) is 0 Å². The van der Waals surface area contributed by atoms with Gasteiger partial charge in [-0.2, -0.15) is 0 Å². The van der Waals surface area contributed by atoms with E-state index in [1.165, 1.54) is 0 Å². The number of amides is 1. The van der Waals surface area contributed by atoms with E-state index in [2.05, 4.69) is 4.98 Å². The fraction of sp³-hybridized carbons (Fsp3) is 0.286. The summed E-state index contributed by atoms with van der Waals surface area (Å²) in [6.45, 7) is 3.54. The van der Waals surface area contributed by atoms with Gasteiger partial charge in [0.1, 0.15) is 5.52 Å². The van der Waals surface area contributed by atoms with Gasteiger partial charge in [-0.1, -0.05) is 30.3 Å². The summed E-state index contributed by atoms with van der Waals surface area (Å²) in [6, 6.07) is 16.7. The highest BCUT2D eigenvalue weighted by Crippen LogP contribution is 2.17. The molecule has 0 N–H and O–H groups in total. The molecule has 0 saturated carbocycles. The van der Waals surface area contributed by atoms with Gasteiger partial charge in [0, 0.05) is 18.2 Å². The monoisotopic (exact) mass is 366 g/mol. The molecule has 6 nitrogen and oxygen atoms in total. The van der Waals surface area contributed by atoms with Crippen molar-refractivity contribution in [1.82, 2.24) is 4.98 Å². The first-order chi connectivity index (χ1) is 13.0. The molecule has 3 aromatic rings. The van der Waals surface area contributed by atoms with Crippen molar-refractivity contribution >= 4 is 28.7 Å². The Labute approximate surface area is 157 Å². The number of aromatic nitrogens is 1. The molecule has 2 aromatic carbocycles. The van der Waals surface area contributed by atoms with Crippen LogP contribution < -0.4 is 4.90 Å². The number of anilines is 1. The molecule has 1 heterocycles. The topological polar surface area (TPSA) is 72.6 Å². The molecule has 0 aliphatic heterocycles. The van der Waals surface area contributed by atoms with Crippen LogP contribution in [-0.4, -0.2) is 29.5 Å². The second kappa shape index (κ2) is 8.49. The molecule has 6 heteroatoms. The van der Waals surface area contributed by atoms with Gasteiger partial charge in [0.15, 0.2) is 18.1 Å². The lowest BCUT2D eigenvalue weighted by Gasteiger charge is -2.26. The minimum absolute atomic E-state index is 0.0432. The van der Waals surface area contributed by atoms with Crippen molar-refractivity contribution in [2.24, 2.45) is 0 Å². The third kappa shape index (κ3) is 4.73. The lowest BCUT2D eigenvalue weighted by molar-refractivity contribution is -0.148. The second-order valence-electron chi connectivity index (χ2n) is 6.43. The van der Waals surface area contributed by atoms with Crippen molar-refractivity contribution in [3.8, 4) is 0 Å². The van der Waals surface area contributed by atoms with Crippen LogP contribution in [0.1, 0.15) is 26.2 Å². The third-order valence-electron chi connectivity index (χ3n) is 4.06. The Bertz CT molecular complexity index is 885. The van der Waals surface area contributed by atoms with Gasteiger partial charge in [-0.25, -0.2) is 4.98 Å². The van der Waals surface area contributed by atoms with E-state index in [1.54, 1.807) is 4.90 Å². The number of fused-ring (bicyclic) bond motifs is 1. The number of nitrogens with zero attached hydrogens (tertiary/aromatic N) is 2. The Kier molecular flexibility index (Phi) is 5.86. The average molecular weight is 366 g/mol. The number of oxazole rings is 1. The van der Waals surface area contributed by atoms with Gasteiger partial charge < -0.3 is 14.1 Å². The number of benzene rings is 2. The largest absolute Gasteiger partial charge is 0.456 e. The van der Waals surface area contributed by atoms with Crippen LogP contribution in [-0.2, 0) is 20.7 Å². The molecule has 0 atom stereocenters. The van der Waals surface area contributed by atoms with E-state index < -0.39 is 5.97 Å². The zero-order valence-corrected chi connectivity index (χ0v) is 15.4. The molecule has 0 saturated heterocycles. The Morgan fingerprint density at radius 3 is 2.48 bits per heavy atom. The summed E-state index contributed by atoms with van der Waals surface area (Å²) >= 11 is 0. The maximum atomic E-state index is 12.5. The highest BCUT2D eigenvalue weighted by atomic mass is 16.5. The van der Waals surface area contributed by atoms with E-state index in [-0.39, 0.29) is 25.0 Å². The molecule has 27 heavy (non-hydrogen) atoms. The molecule has 0 fully saturated rings. The van der Waals surface area contributed by atoms with E-state index in [9.17, 15) is 9.59 Å². The molecule has 140 valence electrons. The highest BCUT2D eigenvalue weighted by molar-refractivity contribution is 5.95. The molecule has 1 amide bonds. The zero-order valence-electron chi connectivity index (χ0n) is 15.4. The summed E-state index contributed by atoms with van der Waals surface area (Å²) < 4.78 is 10.7. The first-order valence-electron chi connectivity index (χ1n) is 8.92. The van der Waals surface area contributed by atoms with Gasteiger partial charge in [-0.3, -0.25) is 9.59 Å². The number of rotatable bonds is 7. The van der Waals surface area contributed by atoms with Crippen LogP contribution in [0.25, 0.3) is 11.1 Å². The van der Waals surface area contributed by atoms with Crippen LogP contribution in [0.5, 0.6) is 0 Å². The van der Waals surface area contributed by atoms with Crippen LogP contribution >= 0.6 is 0 Å². The van der Waals surface area contributed by atoms with Crippen molar-refractivity contribution < 1.29 is 18.7 Å². The predicted molar refractivity (Wildman–Crippen MR) is 102 cm³/mol. The second-order valence-corrected chi connectivity index (χ2v) is 6.43. The molecule has 3 rings (SSSR count). The van der Waals surface area contributed by atoms with Crippen LogP contribution in [0.4, 0.5) is 5.69 Å². The predicted octanol–water partition coefficient (Wildman–Crippen LogP) is 3.75. The Morgan fingerprint density at radius 2 is 1.78 bits per heavy atom. The van der Waals surface area contributed by atoms with Crippen LogP contribution in [0.2, 0.25) is 0 Å². The normalized spacial score (nSPS) is 10.9. The molecule has 1 aromatic heterocycles. The van der Waals surface area contributed by atoms with E-state index in [1.807, 2.05) is 68.4 Å². The number of aryl methyl sites for hydroxylation is 1.